The van der Waals surface area contributed by atoms with E-state index in [-0.39, 0.29) is 31.1 Å². The zero-order chi connectivity index (χ0) is 56.4. The van der Waals surface area contributed by atoms with Gasteiger partial charge in [0.25, 0.3) is 0 Å². The molecule has 6 heteroatoms. The fraction of sp³-hybridized carbons (Fsp3) is 0.819. The van der Waals surface area contributed by atoms with E-state index < -0.39 is 6.10 Å². The molecule has 0 amide bonds. The molecule has 0 aromatic carbocycles. The van der Waals surface area contributed by atoms with Crippen molar-refractivity contribution in [3.8, 4) is 0 Å². The van der Waals surface area contributed by atoms with Crippen LogP contribution in [-0.2, 0) is 28.6 Å². The first kappa shape index (κ1) is 75.1. The zero-order valence-corrected chi connectivity index (χ0v) is 52.2. The summed E-state index contributed by atoms with van der Waals surface area (Å²) < 4.78 is 16.9. The first-order chi connectivity index (χ1) is 38.5. The second-order valence-electron chi connectivity index (χ2n) is 23.1. The molecule has 0 bridgehead atoms. The highest BCUT2D eigenvalue weighted by atomic mass is 16.6. The Hall–Kier alpha value is -2.89. The smallest absolute Gasteiger partial charge is 0.306 e. The topological polar surface area (TPSA) is 78.9 Å². The van der Waals surface area contributed by atoms with Gasteiger partial charge in [0.05, 0.1) is 0 Å². The fourth-order valence-electron chi connectivity index (χ4n) is 10.2. The third kappa shape index (κ3) is 63.9. The molecule has 1 atom stereocenters. The molecule has 0 aromatic heterocycles. The second-order valence-corrected chi connectivity index (χ2v) is 23.1. The minimum Gasteiger partial charge on any atom is -0.462 e. The van der Waals surface area contributed by atoms with E-state index in [2.05, 4.69) is 81.5 Å². The number of carbonyl (C=O) groups excluding carboxylic acids is 3. The molecule has 0 radical (unpaired) electrons. The van der Waals surface area contributed by atoms with Crippen LogP contribution in [0.1, 0.15) is 361 Å². The van der Waals surface area contributed by atoms with Crippen LogP contribution in [0.4, 0.5) is 0 Å². The number of unbranched alkanes of at least 4 members (excludes halogenated alkanes) is 42. The first-order valence-electron chi connectivity index (χ1n) is 34.3. The van der Waals surface area contributed by atoms with Crippen LogP contribution in [0.2, 0.25) is 0 Å². The SMILES string of the molecule is CC/C=C\C/C=C\C/C=C\C/C=C\C/C=C\CCCCCC(=O)OC(COC(=O)CCCCCCCCCCCCCCC)COC(=O)CCCCCCCCCCCCCCCCCCCCCCCCCCCCCC. The molecular formula is C72H130O6. The Kier molecular flexibility index (Phi) is 64.2. The molecular weight excluding hydrogens is 961 g/mol. The minimum absolute atomic E-state index is 0.0831. The summed E-state index contributed by atoms with van der Waals surface area (Å²) in [7, 11) is 0. The van der Waals surface area contributed by atoms with Gasteiger partial charge in [0.15, 0.2) is 6.10 Å². The summed E-state index contributed by atoms with van der Waals surface area (Å²) >= 11 is 0. The van der Waals surface area contributed by atoms with Gasteiger partial charge in [-0.3, -0.25) is 14.4 Å². The van der Waals surface area contributed by atoms with Gasteiger partial charge in [-0.2, -0.15) is 0 Å². The van der Waals surface area contributed by atoms with Crippen molar-refractivity contribution < 1.29 is 28.6 Å². The molecule has 0 saturated heterocycles. The molecule has 454 valence electrons. The molecule has 0 aromatic rings. The molecule has 0 aliphatic heterocycles. The van der Waals surface area contributed by atoms with Crippen LogP contribution in [0.15, 0.2) is 60.8 Å². The Morgan fingerprint density at radius 1 is 0.269 bits per heavy atom. The van der Waals surface area contributed by atoms with Crippen molar-refractivity contribution in [2.24, 2.45) is 0 Å². The molecule has 6 nitrogen and oxygen atoms in total. The van der Waals surface area contributed by atoms with E-state index >= 15 is 0 Å². The maximum atomic E-state index is 12.9. The summed E-state index contributed by atoms with van der Waals surface area (Å²) in [5.41, 5.74) is 0. The number of esters is 3. The fourth-order valence-corrected chi connectivity index (χ4v) is 10.2. The number of carbonyl (C=O) groups is 3. The van der Waals surface area contributed by atoms with Crippen LogP contribution in [0.25, 0.3) is 0 Å². The van der Waals surface area contributed by atoms with Crippen molar-refractivity contribution >= 4 is 17.9 Å². The average Bonchev–Trinajstić information content (AvgIpc) is 3.44. The summed E-state index contributed by atoms with van der Waals surface area (Å²) in [6.45, 7) is 6.56. The van der Waals surface area contributed by atoms with Crippen molar-refractivity contribution in [3.05, 3.63) is 60.8 Å². The lowest BCUT2D eigenvalue weighted by Crippen LogP contribution is -2.30. The molecule has 0 fully saturated rings. The van der Waals surface area contributed by atoms with Crippen molar-refractivity contribution in [3.63, 3.8) is 0 Å². The molecule has 0 rings (SSSR count). The van der Waals surface area contributed by atoms with Gasteiger partial charge in [-0.1, -0.05) is 338 Å². The molecule has 0 N–H and O–H groups in total. The Labute approximate surface area is 485 Å². The predicted molar refractivity (Wildman–Crippen MR) is 339 cm³/mol. The zero-order valence-electron chi connectivity index (χ0n) is 52.2. The van der Waals surface area contributed by atoms with Gasteiger partial charge in [-0.25, -0.2) is 0 Å². The van der Waals surface area contributed by atoms with Crippen LogP contribution >= 0.6 is 0 Å². The van der Waals surface area contributed by atoms with Gasteiger partial charge in [-0.15, -0.1) is 0 Å². The highest BCUT2D eigenvalue weighted by Crippen LogP contribution is 2.18. The van der Waals surface area contributed by atoms with Crippen LogP contribution in [-0.4, -0.2) is 37.2 Å². The Bertz CT molecular complexity index is 1390. The average molecular weight is 1090 g/mol. The van der Waals surface area contributed by atoms with Gasteiger partial charge in [0.2, 0.25) is 0 Å². The molecule has 0 aliphatic carbocycles. The summed E-state index contributed by atoms with van der Waals surface area (Å²) in [4.78, 5) is 38.3. The van der Waals surface area contributed by atoms with Crippen molar-refractivity contribution in [1.82, 2.24) is 0 Å². The van der Waals surface area contributed by atoms with E-state index in [1.807, 2.05) is 0 Å². The number of hydrogen-bond acceptors (Lipinski definition) is 6. The van der Waals surface area contributed by atoms with Crippen molar-refractivity contribution in [2.45, 2.75) is 367 Å². The summed E-state index contributed by atoms with van der Waals surface area (Å²) in [6, 6.07) is 0. The number of rotatable bonds is 63. The van der Waals surface area contributed by atoms with Crippen molar-refractivity contribution in [2.75, 3.05) is 13.2 Å². The van der Waals surface area contributed by atoms with E-state index in [1.165, 1.54) is 225 Å². The predicted octanol–water partition coefficient (Wildman–Crippen LogP) is 23.5. The van der Waals surface area contributed by atoms with Gasteiger partial charge in [0, 0.05) is 19.3 Å². The molecule has 0 spiro atoms. The second kappa shape index (κ2) is 66.6. The highest BCUT2D eigenvalue weighted by Gasteiger charge is 2.19. The number of ether oxygens (including phenoxy) is 3. The lowest BCUT2D eigenvalue weighted by atomic mass is 10.0. The van der Waals surface area contributed by atoms with Gasteiger partial charge in [0.1, 0.15) is 13.2 Å². The molecule has 78 heavy (non-hydrogen) atoms. The molecule has 1 unspecified atom stereocenters. The van der Waals surface area contributed by atoms with Crippen LogP contribution in [0, 0.1) is 0 Å². The Balaban J connectivity index is 4.24. The normalized spacial score (nSPS) is 12.4. The highest BCUT2D eigenvalue weighted by molar-refractivity contribution is 5.71. The van der Waals surface area contributed by atoms with Crippen molar-refractivity contribution in [1.29, 1.82) is 0 Å². The minimum atomic E-state index is -0.790. The van der Waals surface area contributed by atoms with Crippen LogP contribution in [0.5, 0.6) is 0 Å². The van der Waals surface area contributed by atoms with Gasteiger partial charge in [-0.05, 0) is 64.2 Å². The Morgan fingerprint density at radius 3 is 0.782 bits per heavy atom. The summed E-state index contributed by atoms with van der Waals surface area (Å²) in [5.74, 6) is -0.894. The van der Waals surface area contributed by atoms with E-state index in [9.17, 15) is 14.4 Å². The largest absolute Gasteiger partial charge is 0.462 e. The van der Waals surface area contributed by atoms with Gasteiger partial charge >= 0.3 is 17.9 Å². The lowest BCUT2D eigenvalue weighted by Gasteiger charge is -2.18. The standard InChI is InChI=1S/C72H130O6/c1-4-7-10-13-16-19-22-25-27-29-31-32-33-34-35-36-37-38-39-41-42-44-47-50-53-56-59-62-65-71(74)77-68-69(67-76-70(73)64-61-58-55-52-49-46-24-21-18-15-12-9-6-3)78-72(75)66-63-60-57-54-51-48-45-43-40-30-28-26-23-20-17-14-11-8-5-2/h8,11,17,20,26,28,40,43,48,51,69H,4-7,9-10,12-16,18-19,21-25,27,29-39,41-42,44-47,49-50,52-68H2,1-3H3/b11-8-,20-17-,28-26-,43-40-,51-48-. The van der Waals surface area contributed by atoms with E-state index in [0.29, 0.717) is 19.3 Å². The van der Waals surface area contributed by atoms with Crippen LogP contribution < -0.4 is 0 Å². The summed E-state index contributed by atoms with van der Waals surface area (Å²) in [6.07, 6.45) is 85.4. The van der Waals surface area contributed by atoms with E-state index in [4.69, 9.17) is 14.2 Å². The van der Waals surface area contributed by atoms with E-state index in [0.717, 1.165) is 96.3 Å². The monoisotopic (exact) mass is 1090 g/mol. The molecule has 0 saturated carbocycles. The lowest BCUT2D eigenvalue weighted by molar-refractivity contribution is -0.167. The number of allylic oxidation sites excluding steroid dienone is 10. The summed E-state index contributed by atoms with van der Waals surface area (Å²) in [5, 5.41) is 0. The molecule has 0 aliphatic rings. The van der Waals surface area contributed by atoms with E-state index in [1.54, 1.807) is 0 Å². The quantitative estimate of drug-likeness (QED) is 0.0261. The number of hydrogen-bond donors (Lipinski definition) is 0. The third-order valence-electron chi connectivity index (χ3n) is 15.3. The third-order valence-corrected chi connectivity index (χ3v) is 15.3. The van der Waals surface area contributed by atoms with Gasteiger partial charge < -0.3 is 14.2 Å². The maximum Gasteiger partial charge on any atom is 0.306 e. The van der Waals surface area contributed by atoms with Crippen LogP contribution in [0.3, 0.4) is 0 Å². The first-order valence-corrected chi connectivity index (χ1v) is 34.3. The Morgan fingerprint density at radius 2 is 0.500 bits per heavy atom. The molecule has 0 heterocycles. The maximum absolute atomic E-state index is 12.9.